The van der Waals surface area contributed by atoms with Crippen molar-refractivity contribution in [3.63, 3.8) is 0 Å². The number of hydrogen-bond donors (Lipinski definition) is 2. The number of pyridine rings is 1. The Hall–Kier alpha value is -1.59. The number of aliphatic imine (C=N–C) groups is 1. The zero-order valence-electron chi connectivity index (χ0n) is 17.4. The molecule has 2 aromatic rings. The van der Waals surface area contributed by atoms with Crippen molar-refractivity contribution in [2.75, 3.05) is 44.5 Å². The van der Waals surface area contributed by atoms with Crippen LogP contribution in [0.1, 0.15) is 16.7 Å². The van der Waals surface area contributed by atoms with Crippen molar-refractivity contribution in [1.29, 1.82) is 0 Å². The number of rotatable bonds is 7. The number of benzene rings is 1. The number of nitrogens with zero attached hydrogens (tertiary/aromatic N) is 3. The maximum Gasteiger partial charge on any atom is 0.191 e. The summed E-state index contributed by atoms with van der Waals surface area (Å²) < 4.78 is 19.0. The maximum absolute atomic E-state index is 13.6. The van der Waals surface area contributed by atoms with Gasteiger partial charge in [0.05, 0.1) is 13.2 Å². The molecule has 30 heavy (non-hydrogen) atoms. The van der Waals surface area contributed by atoms with Crippen LogP contribution in [0.25, 0.3) is 0 Å². The normalized spacial score (nSPS) is 14.2. The van der Waals surface area contributed by atoms with Gasteiger partial charge in [-0.15, -0.1) is 24.0 Å². The van der Waals surface area contributed by atoms with Gasteiger partial charge in [-0.1, -0.05) is 12.1 Å². The highest BCUT2D eigenvalue weighted by Crippen LogP contribution is 2.19. The summed E-state index contributed by atoms with van der Waals surface area (Å²) in [6.45, 7) is 4.34. The van der Waals surface area contributed by atoms with E-state index in [1.54, 1.807) is 24.9 Å². The Labute approximate surface area is 199 Å². The highest BCUT2D eigenvalue weighted by atomic mass is 127. The van der Waals surface area contributed by atoms with E-state index in [0.717, 1.165) is 54.6 Å². The van der Waals surface area contributed by atoms with Crippen LogP contribution in [0.2, 0.25) is 0 Å². The van der Waals surface area contributed by atoms with E-state index >= 15 is 0 Å². The molecule has 6 nitrogen and oxygen atoms in total. The topological polar surface area (TPSA) is 61.8 Å². The van der Waals surface area contributed by atoms with Crippen molar-refractivity contribution >= 4 is 47.5 Å². The molecule has 164 valence electrons. The molecule has 0 radical (unpaired) electrons. The standard InChI is InChI=1S/C21H28FN5OS.HI/c1-23-21(25-13-16-5-6-19(22)12-18(16)15-29-2)26-14-17-4-3-7-24-20(17)27-8-10-28-11-9-27;/h3-7,12H,8-11,13-15H2,1-2H3,(H2,23,25,26);1H. The number of hydrogen-bond acceptors (Lipinski definition) is 5. The van der Waals surface area contributed by atoms with E-state index in [9.17, 15) is 4.39 Å². The third-order valence-electron chi connectivity index (χ3n) is 4.76. The number of nitrogens with one attached hydrogen (secondary N) is 2. The van der Waals surface area contributed by atoms with E-state index < -0.39 is 0 Å². The molecule has 1 fully saturated rings. The van der Waals surface area contributed by atoms with Gasteiger partial charge in [0, 0.05) is 50.7 Å². The van der Waals surface area contributed by atoms with E-state index in [0.29, 0.717) is 19.0 Å². The Morgan fingerprint density at radius 1 is 1.17 bits per heavy atom. The lowest BCUT2D eigenvalue weighted by Gasteiger charge is -2.29. The first-order chi connectivity index (χ1) is 14.2. The van der Waals surface area contributed by atoms with Crippen LogP contribution >= 0.6 is 35.7 Å². The molecular formula is C21H29FIN5OS. The minimum Gasteiger partial charge on any atom is -0.378 e. The molecular weight excluding hydrogens is 516 g/mol. The summed E-state index contributed by atoms with van der Waals surface area (Å²) in [5.41, 5.74) is 3.18. The van der Waals surface area contributed by atoms with E-state index in [4.69, 9.17) is 4.74 Å². The molecule has 0 spiro atoms. The molecule has 0 amide bonds. The van der Waals surface area contributed by atoms with Gasteiger partial charge in [-0.2, -0.15) is 11.8 Å². The minimum atomic E-state index is -0.201. The number of thioether (sulfide) groups is 1. The van der Waals surface area contributed by atoms with Gasteiger partial charge in [0.1, 0.15) is 11.6 Å². The van der Waals surface area contributed by atoms with Crippen LogP contribution in [0.15, 0.2) is 41.5 Å². The van der Waals surface area contributed by atoms with Gasteiger partial charge in [-0.05, 0) is 35.6 Å². The summed E-state index contributed by atoms with van der Waals surface area (Å²) in [5, 5.41) is 6.69. The van der Waals surface area contributed by atoms with Crippen molar-refractivity contribution in [3.8, 4) is 0 Å². The Balaban J connectivity index is 0.00000320. The number of guanidine groups is 1. The van der Waals surface area contributed by atoms with E-state index in [-0.39, 0.29) is 29.8 Å². The van der Waals surface area contributed by atoms with Gasteiger partial charge in [0.25, 0.3) is 0 Å². The molecule has 2 N–H and O–H groups in total. The second-order valence-corrected chi connectivity index (χ2v) is 7.58. The van der Waals surface area contributed by atoms with E-state index in [1.807, 2.05) is 24.6 Å². The molecule has 1 saturated heterocycles. The number of ether oxygens (including phenoxy) is 1. The van der Waals surface area contributed by atoms with Crippen molar-refractivity contribution in [1.82, 2.24) is 15.6 Å². The Morgan fingerprint density at radius 3 is 2.60 bits per heavy atom. The molecule has 2 heterocycles. The highest BCUT2D eigenvalue weighted by molar-refractivity contribution is 14.0. The van der Waals surface area contributed by atoms with Crippen LogP contribution in [-0.2, 0) is 23.6 Å². The summed E-state index contributed by atoms with van der Waals surface area (Å²) in [7, 11) is 1.74. The average Bonchev–Trinajstić information content (AvgIpc) is 2.76. The number of morpholine rings is 1. The summed E-state index contributed by atoms with van der Waals surface area (Å²) in [6, 6.07) is 8.97. The first kappa shape index (κ1) is 24.7. The molecule has 0 aliphatic carbocycles. The Bertz CT molecular complexity index is 833. The number of anilines is 1. The number of halogens is 2. The molecule has 0 bridgehead atoms. The molecule has 1 aromatic carbocycles. The summed E-state index contributed by atoms with van der Waals surface area (Å²) in [6.07, 6.45) is 3.84. The second kappa shape index (κ2) is 13.0. The van der Waals surface area contributed by atoms with Gasteiger partial charge in [0.15, 0.2) is 5.96 Å². The monoisotopic (exact) mass is 545 g/mol. The highest BCUT2D eigenvalue weighted by Gasteiger charge is 2.16. The van der Waals surface area contributed by atoms with Crippen LogP contribution in [-0.4, -0.2) is 50.6 Å². The average molecular weight is 545 g/mol. The lowest BCUT2D eigenvalue weighted by atomic mass is 10.1. The van der Waals surface area contributed by atoms with Crippen LogP contribution in [0.5, 0.6) is 0 Å². The Morgan fingerprint density at radius 2 is 1.90 bits per heavy atom. The van der Waals surface area contributed by atoms with Crippen LogP contribution < -0.4 is 15.5 Å². The van der Waals surface area contributed by atoms with Gasteiger partial charge in [-0.3, -0.25) is 4.99 Å². The largest absolute Gasteiger partial charge is 0.378 e. The molecule has 1 aliphatic rings. The van der Waals surface area contributed by atoms with Crippen LogP contribution in [0, 0.1) is 5.82 Å². The first-order valence-corrected chi connectivity index (χ1v) is 11.1. The third-order valence-corrected chi connectivity index (χ3v) is 5.36. The van der Waals surface area contributed by atoms with Crippen molar-refractivity contribution in [2.45, 2.75) is 18.8 Å². The summed E-state index contributed by atoms with van der Waals surface area (Å²) >= 11 is 1.68. The smallest absolute Gasteiger partial charge is 0.191 e. The molecule has 0 saturated carbocycles. The van der Waals surface area contributed by atoms with Crippen LogP contribution in [0.3, 0.4) is 0 Å². The zero-order chi connectivity index (χ0) is 20.5. The van der Waals surface area contributed by atoms with Crippen molar-refractivity contribution in [3.05, 3.63) is 59.0 Å². The second-order valence-electron chi connectivity index (χ2n) is 6.71. The Kier molecular flexibility index (Phi) is 10.7. The fraction of sp³-hybridized carbons (Fsp3) is 0.429. The maximum atomic E-state index is 13.6. The molecule has 9 heteroatoms. The minimum absolute atomic E-state index is 0. The zero-order valence-corrected chi connectivity index (χ0v) is 20.5. The molecule has 3 rings (SSSR count). The SMILES string of the molecule is CN=C(NCc1ccc(F)cc1CSC)NCc1cccnc1N1CCOCC1.I. The number of aromatic nitrogens is 1. The van der Waals surface area contributed by atoms with E-state index in [1.165, 1.54) is 6.07 Å². The molecule has 0 unspecified atom stereocenters. The predicted molar refractivity (Wildman–Crippen MR) is 133 cm³/mol. The summed E-state index contributed by atoms with van der Waals surface area (Å²) in [5.74, 6) is 2.26. The van der Waals surface area contributed by atoms with Crippen molar-refractivity contribution < 1.29 is 9.13 Å². The first-order valence-electron chi connectivity index (χ1n) is 9.68. The van der Waals surface area contributed by atoms with Gasteiger partial charge < -0.3 is 20.3 Å². The predicted octanol–water partition coefficient (Wildman–Crippen LogP) is 3.40. The van der Waals surface area contributed by atoms with Gasteiger partial charge >= 0.3 is 0 Å². The fourth-order valence-electron chi connectivity index (χ4n) is 3.26. The lowest BCUT2D eigenvalue weighted by Crippen LogP contribution is -2.39. The van der Waals surface area contributed by atoms with Crippen molar-refractivity contribution in [2.24, 2.45) is 4.99 Å². The van der Waals surface area contributed by atoms with Gasteiger partial charge in [0.2, 0.25) is 0 Å². The van der Waals surface area contributed by atoms with Gasteiger partial charge in [-0.25, -0.2) is 9.37 Å². The van der Waals surface area contributed by atoms with Crippen LogP contribution in [0.4, 0.5) is 10.2 Å². The fourth-order valence-corrected chi connectivity index (χ4v) is 3.84. The quantitative estimate of drug-likeness (QED) is 0.316. The van der Waals surface area contributed by atoms with E-state index in [2.05, 4.69) is 31.6 Å². The molecule has 1 aliphatic heterocycles. The molecule has 0 atom stereocenters. The third kappa shape index (κ3) is 6.98. The molecule has 1 aromatic heterocycles. The lowest BCUT2D eigenvalue weighted by molar-refractivity contribution is 0.122. The summed E-state index contributed by atoms with van der Waals surface area (Å²) in [4.78, 5) is 11.1.